The Kier molecular flexibility index (Phi) is 4.00. The number of carbonyl (C=O) groups excluding carboxylic acids is 1. The van der Waals surface area contributed by atoms with Crippen molar-refractivity contribution in [1.29, 1.82) is 0 Å². The predicted molar refractivity (Wildman–Crippen MR) is 89.1 cm³/mol. The molecule has 0 aliphatic heterocycles. The monoisotopic (exact) mass is 350 g/mol. The Morgan fingerprint density at radius 3 is 2.33 bits per heavy atom. The highest BCUT2D eigenvalue weighted by Crippen LogP contribution is 2.51. The average molecular weight is 351 g/mol. The molecule has 0 bridgehead atoms. The Bertz CT molecular complexity index is 527. The van der Waals surface area contributed by atoms with E-state index in [4.69, 9.17) is 5.73 Å². The summed E-state index contributed by atoms with van der Waals surface area (Å²) in [5.74, 6) is -0.213. The second-order valence-corrected chi connectivity index (χ2v) is 7.70. The van der Waals surface area contributed by atoms with Crippen LogP contribution in [0.4, 0.5) is 5.69 Å². The van der Waals surface area contributed by atoms with Gasteiger partial charge in [-0.2, -0.15) is 0 Å². The smallest absolute Gasteiger partial charge is 0.243 e. The zero-order valence-corrected chi connectivity index (χ0v) is 13.9. The molecule has 0 atom stereocenters. The van der Waals surface area contributed by atoms with E-state index in [1.807, 2.05) is 24.3 Å². The van der Waals surface area contributed by atoms with Gasteiger partial charge >= 0.3 is 0 Å². The van der Waals surface area contributed by atoms with Gasteiger partial charge in [-0.1, -0.05) is 34.8 Å². The molecule has 2 saturated carbocycles. The largest absolute Gasteiger partial charge is 0.371 e. The number of amides is 1. The molecule has 1 amide bonds. The van der Waals surface area contributed by atoms with Gasteiger partial charge in [0.15, 0.2) is 0 Å². The number of nitrogens with two attached hydrogens (primary N) is 1. The summed E-state index contributed by atoms with van der Waals surface area (Å²) in [5.41, 5.74) is 6.65. The first-order valence-electron chi connectivity index (χ1n) is 7.87. The lowest BCUT2D eigenvalue weighted by Crippen LogP contribution is -2.54. The van der Waals surface area contributed by atoms with Crippen molar-refractivity contribution in [3.8, 4) is 0 Å². The normalized spacial score (nSPS) is 23.1. The van der Waals surface area contributed by atoms with Crippen molar-refractivity contribution < 1.29 is 4.79 Å². The number of rotatable bonds is 3. The minimum absolute atomic E-state index is 0.213. The summed E-state index contributed by atoms with van der Waals surface area (Å²) in [4.78, 5) is 12.1. The van der Waals surface area contributed by atoms with Crippen LogP contribution in [0.2, 0.25) is 0 Å². The van der Waals surface area contributed by atoms with Crippen LogP contribution in [0.5, 0.6) is 0 Å². The van der Waals surface area contributed by atoms with Crippen molar-refractivity contribution in [1.82, 2.24) is 0 Å². The van der Waals surface area contributed by atoms with Crippen LogP contribution in [0.1, 0.15) is 51.4 Å². The number of halogens is 1. The third kappa shape index (κ3) is 2.96. The molecule has 0 aromatic heterocycles. The Hall–Kier alpha value is -1.03. The summed E-state index contributed by atoms with van der Waals surface area (Å²) in [5, 5.41) is 3.44. The molecule has 21 heavy (non-hydrogen) atoms. The van der Waals surface area contributed by atoms with Crippen molar-refractivity contribution in [3.05, 3.63) is 28.7 Å². The molecule has 0 unspecified atom stereocenters. The summed E-state index contributed by atoms with van der Waals surface area (Å²) < 4.78 is 1.01. The fraction of sp³-hybridized carbons (Fsp3) is 0.588. The molecular formula is C17H23BrN2O. The molecule has 114 valence electrons. The van der Waals surface area contributed by atoms with E-state index in [0.29, 0.717) is 5.41 Å². The second kappa shape index (κ2) is 5.64. The fourth-order valence-corrected chi connectivity index (χ4v) is 4.51. The van der Waals surface area contributed by atoms with Gasteiger partial charge in [0, 0.05) is 10.2 Å². The molecule has 0 saturated heterocycles. The predicted octanol–water partition coefficient (Wildman–Crippen LogP) is 4.22. The molecule has 2 aliphatic carbocycles. The molecule has 4 heteroatoms. The van der Waals surface area contributed by atoms with Crippen LogP contribution in [0.15, 0.2) is 28.7 Å². The van der Waals surface area contributed by atoms with Crippen LogP contribution in [-0.4, -0.2) is 11.4 Å². The Morgan fingerprint density at radius 1 is 1.10 bits per heavy atom. The molecule has 3 N–H and O–H groups in total. The first-order valence-corrected chi connectivity index (χ1v) is 8.67. The van der Waals surface area contributed by atoms with E-state index in [2.05, 4.69) is 21.2 Å². The Labute approximate surface area is 134 Å². The summed E-state index contributed by atoms with van der Waals surface area (Å²) in [7, 11) is 0. The molecule has 1 aromatic carbocycles. The van der Waals surface area contributed by atoms with E-state index < -0.39 is 5.54 Å². The highest BCUT2D eigenvalue weighted by molar-refractivity contribution is 9.10. The zero-order valence-electron chi connectivity index (χ0n) is 12.3. The van der Waals surface area contributed by atoms with E-state index in [9.17, 15) is 4.79 Å². The zero-order chi connectivity index (χ0) is 14.9. The minimum atomic E-state index is -0.575. The molecule has 2 fully saturated rings. The van der Waals surface area contributed by atoms with Crippen LogP contribution in [0.3, 0.4) is 0 Å². The van der Waals surface area contributed by atoms with Crippen LogP contribution in [0.25, 0.3) is 0 Å². The molecule has 3 rings (SSSR count). The maximum Gasteiger partial charge on any atom is 0.243 e. The third-order valence-corrected chi connectivity index (χ3v) is 6.00. The topological polar surface area (TPSA) is 55.1 Å². The lowest BCUT2D eigenvalue weighted by molar-refractivity contribution is -0.124. The van der Waals surface area contributed by atoms with Gasteiger partial charge in [0.05, 0.1) is 0 Å². The van der Waals surface area contributed by atoms with Gasteiger partial charge in [0.2, 0.25) is 5.91 Å². The van der Waals surface area contributed by atoms with Gasteiger partial charge in [-0.25, -0.2) is 0 Å². The Balaban J connectivity index is 1.77. The van der Waals surface area contributed by atoms with Gasteiger partial charge in [0.25, 0.3) is 0 Å². The molecule has 3 nitrogen and oxygen atoms in total. The summed E-state index contributed by atoms with van der Waals surface area (Å²) in [6.07, 6.45) is 9.32. The number of nitrogens with one attached hydrogen (secondary N) is 1. The first kappa shape index (κ1) is 14.9. The van der Waals surface area contributed by atoms with Crippen LogP contribution < -0.4 is 11.1 Å². The van der Waals surface area contributed by atoms with E-state index in [0.717, 1.165) is 35.8 Å². The van der Waals surface area contributed by atoms with E-state index in [1.165, 1.54) is 25.7 Å². The summed E-state index contributed by atoms with van der Waals surface area (Å²) in [6.45, 7) is 0. The highest BCUT2D eigenvalue weighted by atomic mass is 79.9. The van der Waals surface area contributed by atoms with Crippen LogP contribution in [-0.2, 0) is 4.79 Å². The molecule has 0 heterocycles. The number of benzene rings is 1. The molecule has 1 aromatic rings. The number of anilines is 1. The van der Waals surface area contributed by atoms with Crippen molar-refractivity contribution in [3.63, 3.8) is 0 Å². The quantitative estimate of drug-likeness (QED) is 0.857. The lowest BCUT2D eigenvalue weighted by atomic mass is 9.66. The highest BCUT2D eigenvalue weighted by Gasteiger charge is 2.46. The maximum atomic E-state index is 12.1. The van der Waals surface area contributed by atoms with Gasteiger partial charge in [-0.15, -0.1) is 0 Å². The minimum Gasteiger partial charge on any atom is -0.371 e. The van der Waals surface area contributed by atoms with Crippen LogP contribution in [0, 0.1) is 5.41 Å². The maximum absolute atomic E-state index is 12.1. The van der Waals surface area contributed by atoms with E-state index in [1.54, 1.807) is 0 Å². The van der Waals surface area contributed by atoms with Gasteiger partial charge < -0.3 is 11.1 Å². The molecule has 2 aliphatic rings. The van der Waals surface area contributed by atoms with Crippen LogP contribution >= 0.6 is 15.9 Å². The molecular weight excluding hydrogens is 328 g/mol. The number of carbonyl (C=O) groups is 1. The first-order chi connectivity index (χ1) is 10.0. The molecule has 0 radical (unpaired) electrons. The van der Waals surface area contributed by atoms with E-state index >= 15 is 0 Å². The van der Waals surface area contributed by atoms with Gasteiger partial charge in [0.1, 0.15) is 5.54 Å². The third-order valence-electron chi connectivity index (χ3n) is 5.51. The fourth-order valence-electron chi connectivity index (χ4n) is 4.11. The van der Waals surface area contributed by atoms with Crippen molar-refractivity contribution in [2.24, 2.45) is 11.1 Å². The van der Waals surface area contributed by atoms with E-state index in [-0.39, 0.29) is 5.91 Å². The Morgan fingerprint density at radius 2 is 1.76 bits per heavy atom. The standard InChI is InChI=1S/C17H23BrN2O/c18-13-4-3-5-14(12-13)20-17(15(19)21)10-8-16(9-11-17)6-1-2-7-16/h3-5,12,20H,1-2,6-11H2,(H2,19,21). The average Bonchev–Trinajstić information content (AvgIpc) is 2.90. The van der Waals surface area contributed by atoms with Crippen molar-refractivity contribution in [2.45, 2.75) is 56.9 Å². The lowest BCUT2D eigenvalue weighted by Gasteiger charge is -2.44. The summed E-state index contributed by atoms with van der Waals surface area (Å²) in [6, 6.07) is 7.96. The van der Waals surface area contributed by atoms with Crippen molar-refractivity contribution >= 4 is 27.5 Å². The number of primary amides is 1. The van der Waals surface area contributed by atoms with Gasteiger partial charge in [-0.05, 0) is 62.1 Å². The van der Waals surface area contributed by atoms with Gasteiger partial charge in [-0.3, -0.25) is 4.79 Å². The number of hydrogen-bond donors (Lipinski definition) is 2. The number of hydrogen-bond acceptors (Lipinski definition) is 2. The second-order valence-electron chi connectivity index (χ2n) is 6.79. The molecule has 1 spiro atoms. The summed E-state index contributed by atoms with van der Waals surface area (Å²) >= 11 is 3.47. The SMILES string of the molecule is NC(=O)C1(Nc2cccc(Br)c2)CCC2(CCCC2)CC1. The van der Waals surface area contributed by atoms with Crippen molar-refractivity contribution in [2.75, 3.05) is 5.32 Å².